The summed E-state index contributed by atoms with van der Waals surface area (Å²) in [5, 5.41) is 20.0. The fourth-order valence-electron chi connectivity index (χ4n) is 4.37. The standard InChI is InChI=1S/C26H34N6O6/c1-26(2,3)27-25(34)30(11-10-29-12-15-37-16-13-29)18-24(33)31-22(23-5-4-14-38-23)17-21(28-31)19-6-8-20(9-7-19)32(35)36/h4-9,14,22H,10-13,15-18H2,1-3H3,(H,27,34)/t22-/m0/s1. The van der Waals surface area contributed by atoms with E-state index in [0.29, 0.717) is 49.8 Å². The molecule has 0 saturated carbocycles. The lowest BCUT2D eigenvalue weighted by atomic mass is 10.0. The molecule has 2 aliphatic heterocycles. The van der Waals surface area contributed by atoms with Crippen molar-refractivity contribution in [3.8, 4) is 0 Å². The minimum atomic E-state index is -0.491. The largest absolute Gasteiger partial charge is 0.467 e. The van der Waals surface area contributed by atoms with Crippen molar-refractivity contribution in [3.63, 3.8) is 0 Å². The third-order valence-corrected chi connectivity index (χ3v) is 6.33. The molecule has 2 aliphatic rings. The van der Waals surface area contributed by atoms with Crippen molar-refractivity contribution in [1.29, 1.82) is 0 Å². The number of carbonyl (C=O) groups is 2. The van der Waals surface area contributed by atoms with Gasteiger partial charge in [-0.15, -0.1) is 0 Å². The number of carbonyl (C=O) groups excluding carboxylic acids is 2. The second kappa shape index (κ2) is 11.7. The minimum absolute atomic E-state index is 0.0244. The topological polar surface area (TPSA) is 134 Å². The summed E-state index contributed by atoms with van der Waals surface area (Å²) >= 11 is 0. The van der Waals surface area contributed by atoms with E-state index in [1.807, 2.05) is 20.8 Å². The summed E-state index contributed by atoms with van der Waals surface area (Å²) in [5.74, 6) is 0.215. The molecule has 4 rings (SSSR count). The molecule has 38 heavy (non-hydrogen) atoms. The van der Waals surface area contributed by atoms with Crippen LogP contribution in [0, 0.1) is 10.1 Å². The molecular weight excluding hydrogens is 492 g/mol. The lowest BCUT2D eigenvalue weighted by Crippen LogP contribution is -2.53. The first kappa shape index (κ1) is 27.3. The van der Waals surface area contributed by atoms with Crippen molar-refractivity contribution in [2.75, 3.05) is 45.9 Å². The lowest BCUT2D eigenvalue weighted by molar-refractivity contribution is -0.384. The van der Waals surface area contributed by atoms with Crippen LogP contribution in [0.2, 0.25) is 0 Å². The van der Waals surface area contributed by atoms with Gasteiger partial charge in [-0.25, -0.2) is 9.80 Å². The molecule has 3 heterocycles. The molecule has 0 aliphatic carbocycles. The molecule has 1 aromatic heterocycles. The number of hydrogen-bond acceptors (Lipinski definition) is 8. The third kappa shape index (κ3) is 6.95. The van der Waals surface area contributed by atoms with Gasteiger partial charge in [0.15, 0.2) is 0 Å². The molecule has 0 spiro atoms. The number of nitro benzene ring substituents is 1. The van der Waals surface area contributed by atoms with Gasteiger partial charge < -0.3 is 19.4 Å². The molecule has 1 fully saturated rings. The maximum atomic E-state index is 13.6. The Hall–Kier alpha value is -3.77. The molecular formula is C26H34N6O6. The number of hydrogen-bond donors (Lipinski definition) is 1. The number of benzene rings is 1. The number of nitro groups is 1. The zero-order chi connectivity index (χ0) is 27.3. The molecule has 12 heteroatoms. The fourth-order valence-corrected chi connectivity index (χ4v) is 4.37. The molecule has 1 saturated heterocycles. The van der Waals surface area contributed by atoms with Gasteiger partial charge >= 0.3 is 6.03 Å². The number of hydrazone groups is 1. The van der Waals surface area contributed by atoms with Crippen LogP contribution in [-0.2, 0) is 9.53 Å². The number of rotatable bonds is 8. The Bertz CT molecular complexity index is 1150. The molecule has 12 nitrogen and oxygen atoms in total. The molecule has 1 aromatic carbocycles. The monoisotopic (exact) mass is 526 g/mol. The van der Waals surface area contributed by atoms with Gasteiger partial charge in [0.2, 0.25) is 0 Å². The molecule has 3 amide bonds. The number of morpholine rings is 1. The van der Waals surface area contributed by atoms with Crippen molar-refractivity contribution in [2.24, 2.45) is 5.10 Å². The summed E-state index contributed by atoms with van der Waals surface area (Å²) < 4.78 is 11.0. The Morgan fingerprint density at radius 3 is 2.50 bits per heavy atom. The Balaban J connectivity index is 1.54. The van der Waals surface area contributed by atoms with Gasteiger partial charge in [0.05, 0.1) is 30.1 Å². The van der Waals surface area contributed by atoms with Gasteiger partial charge in [-0.2, -0.15) is 5.10 Å². The highest BCUT2D eigenvalue weighted by atomic mass is 16.6. The number of ether oxygens (including phenoxy) is 1. The van der Waals surface area contributed by atoms with Crippen molar-refractivity contribution in [1.82, 2.24) is 20.1 Å². The SMILES string of the molecule is CC(C)(C)NC(=O)N(CCN1CCOCC1)CC(=O)N1N=C(c2ccc([N+](=O)[O-])cc2)C[C@H]1c1ccco1. The highest BCUT2D eigenvalue weighted by molar-refractivity contribution is 6.03. The Kier molecular flexibility index (Phi) is 8.42. The van der Waals surface area contributed by atoms with Crippen molar-refractivity contribution in [3.05, 3.63) is 64.1 Å². The number of amides is 3. The smallest absolute Gasteiger partial charge is 0.318 e. The molecule has 204 valence electrons. The Morgan fingerprint density at radius 2 is 1.89 bits per heavy atom. The first-order valence-electron chi connectivity index (χ1n) is 12.7. The quantitative estimate of drug-likeness (QED) is 0.413. The summed E-state index contributed by atoms with van der Waals surface area (Å²) in [7, 11) is 0. The average molecular weight is 527 g/mol. The highest BCUT2D eigenvalue weighted by Crippen LogP contribution is 2.33. The number of nitrogens with zero attached hydrogens (tertiary/aromatic N) is 5. The molecule has 1 atom stereocenters. The van der Waals surface area contributed by atoms with E-state index < -0.39 is 16.5 Å². The van der Waals surface area contributed by atoms with Gasteiger partial charge in [-0.05, 0) is 50.6 Å². The van der Waals surface area contributed by atoms with Crippen LogP contribution in [0.25, 0.3) is 0 Å². The van der Waals surface area contributed by atoms with E-state index in [1.54, 1.807) is 24.3 Å². The normalized spacial score (nSPS) is 18.2. The van der Waals surface area contributed by atoms with E-state index in [-0.39, 0.29) is 24.2 Å². The Labute approximate surface area is 221 Å². The van der Waals surface area contributed by atoms with Crippen LogP contribution in [0.15, 0.2) is 52.2 Å². The average Bonchev–Trinajstić information content (AvgIpc) is 3.56. The predicted octanol–water partition coefficient (Wildman–Crippen LogP) is 3.01. The second-order valence-corrected chi connectivity index (χ2v) is 10.4. The van der Waals surface area contributed by atoms with Gasteiger partial charge in [0.1, 0.15) is 18.3 Å². The molecule has 0 bridgehead atoms. The van der Waals surface area contributed by atoms with Crippen LogP contribution in [-0.4, -0.2) is 88.9 Å². The van der Waals surface area contributed by atoms with Crippen molar-refractivity contribution < 1.29 is 23.7 Å². The van der Waals surface area contributed by atoms with Crippen molar-refractivity contribution >= 4 is 23.3 Å². The van der Waals surface area contributed by atoms with Gasteiger partial charge in [0.25, 0.3) is 11.6 Å². The zero-order valence-corrected chi connectivity index (χ0v) is 22.0. The number of urea groups is 1. The maximum Gasteiger partial charge on any atom is 0.318 e. The fraction of sp³-hybridized carbons (Fsp3) is 0.500. The van der Waals surface area contributed by atoms with Crippen molar-refractivity contribution in [2.45, 2.75) is 38.8 Å². The molecule has 0 radical (unpaired) electrons. The Morgan fingerprint density at radius 1 is 1.18 bits per heavy atom. The first-order chi connectivity index (χ1) is 18.1. The highest BCUT2D eigenvalue weighted by Gasteiger charge is 2.36. The summed E-state index contributed by atoms with van der Waals surface area (Å²) in [6.45, 7) is 9.33. The third-order valence-electron chi connectivity index (χ3n) is 6.33. The van der Waals surface area contributed by atoms with E-state index in [9.17, 15) is 19.7 Å². The number of nitrogens with one attached hydrogen (secondary N) is 1. The molecule has 2 aromatic rings. The van der Waals surface area contributed by atoms with Crippen LogP contribution >= 0.6 is 0 Å². The van der Waals surface area contributed by atoms with Gasteiger partial charge in [-0.1, -0.05) is 0 Å². The summed E-state index contributed by atoms with van der Waals surface area (Å²) in [5.41, 5.74) is 0.789. The van der Waals surface area contributed by atoms with Crippen LogP contribution in [0.5, 0.6) is 0 Å². The van der Waals surface area contributed by atoms with E-state index in [2.05, 4.69) is 15.3 Å². The summed E-state index contributed by atoms with van der Waals surface area (Å²) in [6, 6.07) is 8.77. The summed E-state index contributed by atoms with van der Waals surface area (Å²) in [6.07, 6.45) is 1.91. The number of non-ortho nitro benzene ring substituents is 1. The van der Waals surface area contributed by atoms with Crippen LogP contribution in [0.4, 0.5) is 10.5 Å². The first-order valence-corrected chi connectivity index (χ1v) is 12.7. The van der Waals surface area contributed by atoms with E-state index >= 15 is 0 Å². The van der Waals surface area contributed by atoms with Crippen LogP contribution < -0.4 is 5.32 Å². The van der Waals surface area contributed by atoms with E-state index in [0.717, 1.165) is 13.1 Å². The van der Waals surface area contributed by atoms with Crippen LogP contribution in [0.1, 0.15) is 44.6 Å². The molecule has 0 unspecified atom stereocenters. The van der Waals surface area contributed by atoms with Gasteiger partial charge in [0, 0.05) is 50.3 Å². The second-order valence-electron chi connectivity index (χ2n) is 10.4. The summed E-state index contributed by atoms with van der Waals surface area (Å²) in [4.78, 5) is 41.1. The van der Waals surface area contributed by atoms with E-state index in [4.69, 9.17) is 9.15 Å². The van der Waals surface area contributed by atoms with Gasteiger partial charge in [-0.3, -0.25) is 19.8 Å². The predicted molar refractivity (Wildman–Crippen MR) is 140 cm³/mol. The molecule has 1 N–H and O–H groups in total. The number of furan rings is 1. The minimum Gasteiger partial charge on any atom is -0.467 e. The lowest BCUT2D eigenvalue weighted by Gasteiger charge is -2.32. The zero-order valence-electron chi connectivity index (χ0n) is 22.0. The van der Waals surface area contributed by atoms with E-state index in [1.165, 1.54) is 28.3 Å². The maximum absolute atomic E-state index is 13.6. The van der Waals surface area contributed by atoms with Crippen LogP contribution in [0.3, 0.4) is 0 Å².